The smallest absolute Gasteiger partial charge is 0.335 e. The Morgan fingerprint density at radius 1 is 0.923 bits per heavy atom. The minimum Gasteiger partial charge on any atom is -0.493 e. The molecule has 8 heteroatoms. The number of aryl methyl sites for hydroxylation is 1. The van der Waals surface area contributed by atoms with Crippen molar-refractivity contribution in [2.24, 2.45) is 0 Å². The normalized spacial score (nSPS) is 15.2. The number of carbonyl (C=O) groups excluding carboxylic acids is 3. The van der Waals surface area contributed by atoms with Gasteiger partial charge in [-0.05, 0) is 78.4 Å². The summed E-state index contributed by atoms with van der Waals surface area (Å²) >= 11 is 0. The lowest BCUT2D eigenvalue weighted by Gasteiger charge is -2.26. The summed E-state index contributed by atoms with van der Waals surface area (Å²) in [4.78, 5) is 39.1. The van der Waals surface area contributed by atoms with Gasteiger partial charge >= 0.3 is 6.03 Å². The maximum Gasteiger partial charge on any atom is 0.335 e. The number of benzene rings is 3. The van der Waals surface area contributed by atoms with Crippen LogP contribution in [0.2, 0.25) is 0 Å². The van der Waals surface area contributed by atoms with Gasteiger partial charge in [0, 0.05) is 0 Å². The van der Waals surface area contributed by atoms with Crippen molar-refractivity contribution >= 4 is 29.6 Å². The summed E-state index contributed by atoms with van der Waals surface area (Å²) in [5, 5.41) is 2.24. The van der Waals surface area contributed by atoms with Crippen LogP contribution in [0.1, 0.15) is 42.9 Å². The highest BCUT2D eigenvalue weighted by Crippen LogP contribution is 2.30. The van der Waals surface area contributed by atoms with E-state index in [0.717, 1.165) is 22.6 Å². The summed E-state index contributed by atoms with van der Waals surface area (Å²) in [6.45, 7) is 6.85. The quantitative estimate of drug-likeness (QED) is 0.208. The average molecular weight is 529 g/mol. The predicted octanol–water partition coefficient (Wildman–Crippen LogP) is 5.64. The Hall–Kier alpha value is -4.59. The molecule has 4 rings (SSSR count). The van der Waals surface area contributed by atoms with Crippen molar-refractivity contribution in [2.75, 3.05) is 25.2 Å². The second-order valence-electron chi connectivity index (χ2n) is 9.28. The molecule has 1 unspecified atom stereocenters. The fourth-order valence-electron chi connectivity index (χ4n) is 4.16. The molecule has 39 heavy (non-hydrogen) atoms. The SMILES string of the molecule is CCC(C)c1ccc(OCCOc2ccc(C=C3C(=O)NC(=O)N(c4cccc(C)c4)C3=O)cc2OC)cc1. The summed E-state index contributed by atoms with van der Waals surface area (Å²) in [6, 6.07) is 19.3. The van der Waals surface area contributed by atoms with Gasteiger partial charge in [-0.2, -0.15) is 0 Å². The van der Waals surface area contributed by atoms with E-state index >= 15 is 0 Å². The summed E-state index contributed by atoms with van der Waals surface area (Å²) in [6.07, 6.45) is 2.51. The molecule has 1 N–H and O–H groups in total. The number of amides is 4. The lowest BCUT2D eigenvalue weighted by molar-refractivity contribution is -0.122. The van der Waals surface area contributed by atoms with Crippen molar-refractivity contribution in [3.05, 3.63) is 89.0 Å². The van der Waals surface area contributed by atoms with Crippen LogP contribution in [0.15, 0.2) is 72.3 Å². The zero-order valence-electron chi connectivity index (χ0n) is 22.5. The molecule has 1 heterocycles. The number of barbiturate groups is 1. The van der Waals surface area contributed by atoms with Crippen LogP contribution in [0, 0.1) is 6.92 Å². The van der Waals surface area contributed by atoms with Crippen molar-refractivity contribution in [1.82, 2.24) is 5.32 Å². The fraction of sp³-hybridized carbons (Fsp3) is 0.258. The molecule has 0 radical (unpaired) electrons. The molecule has 3 aromatic carbocycles. The molecule has 0 spiro atoms. The van der Waals surface area contributed by atoms with E-state index in [1.54, 1.807) is 36.4 Å². The number of anilines is 1. The van der Waals surface area contributed by atoms with E-state index in [4.69, 9.17) is 14.2 Å². The van der Waals surface area contributed by atoms with E-state index in [1.807, 2.05) is 25.1 Å². The number of imide groups is 2. The number of nitrogens with one attached hydrogen (secondary N) is 1. The Kier molecular flexibility index (Phi) is 8.66. The standard InChI is InChI=1S/C31H32N2O6/c1-5-21(3)23-10-12-25(13-11-23)38-15-16-39-27-14-9-22(19-28(27)37-4)18-26-29(34)32-31(36)33(30(26)35)24-8-6-7-20(2)17-24/h6-14,17-19,21H,5,15-16H2,1-4H3,(H,32,34,36). The number of methoxy groups -OCH3 is 1. The number of hydrogen-bond acceptors (Lipinski definition) is 6. The van der Waals surface area contributed by atoms with Gasteiger partial charge in [0.1, 0.15) is 24.5 Å². The highest BCUT2D eigenvalue weighted by Gasteiger charge is 2.36. The molecule has 0 aromatic heterocycles. The Labute approximate surface area is 228 Å². The first-order valence-corrected chi connectivity index (χ1v) is 12.8. The van der Waals surface area contributed by atoms with Gasteiger partial charge < -0.3 is 14.2 Å². The Balaban J connectivity index is 1.43. The van der Waals surface area contributed by atoms with Gasteiger partial charge in [0.15, 0.2) is 11.5 Å². The maximum absolute atomic E-state index is 13.1. The Morgan fingerprint density at radius 2 is 1.67 bits per heavy atom. The second kappa shape index (κ2) is 12.3. The van der Waals surface area contributed by atoms with Crippen molar-refractivity contribution < 1.29 is 28.6 Å². The van der Waals surface area contributed by atoms with Gasteiger partial charge in [-0.25, -0.2) is 9.69 Å². The number of hydrogen-bond donors (Lipinski definition) is 1. The van der Waals surface area contributed by atoms with E-state index in [-0.39, 0.29) is 5.57 Å². The van der Waals surface area contributed by atoms with Gasteiger partial charge in [-0.3, -0.25) is 14.9 Å². The van der Waals surface area contributed by atoms with Crippen LogP contribution in [-0.2, 0) is 9.59 Å². The first kappa shape index (κ1) is 27.4. The molecular formula is C31H32N2O6. The van der Waals surface area contributed by atoms with Crippen molar-refractivity contribution in [2.45, 2.75) is 33.1 Å². The van der Waals surface area contributed by atoms with Crippen LogP contribution in [0.5, 0.6) is 17.2 Å². The Bertz CT molecular complexity index is 1400. The minimum absolute atomic E-state index is 0.167. The third-order valence-electron chi connectivity index (χ3n) is 6.53. The zero-order valence-corrected chi connectivity index (χ0v) is 22.5. The first-order chi connectivity index (χ1) is 18.8. The number of nitrogens with zero attached hydrogens (tertiary/aromatic N) is 1. The molecule has 202 valence electrons. The molecule has 1 fully saturated rings. The summed E-state index contributed by atoms with van der Waals surface area (Å²) in [5.41, 5.74) is 2.91. The third-order valence-corrected chi connectivity index (χ3v) is 6.53. The van der Waals surface area contributed by atoms with E-state index in [9.17, 15) is 14.4 Å². The van der Waals surface area contributed by atoms with Crippen LogP contribution in [0.3, 0.4) is 0 Å². The molecule has 3 aromatic rings. The molecule has 0 bridgehead atoms. The molecule has 8 nitrogen and oxygen atoms in total. The van der Waals surface area contributed by atoms with E-state index in [1.165, 1.54) is 18.7 Å². The molecule has 1 aliphatic rings. The minimum atomic E-state index is -0.789. The van der Waals surface area contributed by atoms with Crippen molar-refractivity contribution in [1.29, 1.82) is 0 Å². The molecule has 1 aliphatic heterocycles. The highest BCUT2D eigenvalue weighted by atomic mass is 16.5. The van der Waals surface area contributed by atoms with Crippen molar-refractivity contribution in [3.63, 3.8) is 0 Å². The van der Waals surface area contributed by atoms with Gasteiger partial charge in [-0.15, -0.1) is 0 Å². The van der Waals surface area contributed by atoms with Crippen LogP contribution in [0.25, 0.3) is 6.08 Å². The van der Waals surface area contributed by atoms with Gasteiger partial charge in [0.05, 0.1) is 12.8 Å². The number of rotatable bonds is 10. The molecule has 4 amide bonds. The predicted molar refractivity (Wildman–Crippen MR) is 149 cm³/mol. The van der Waals surface area contributed by atoms with Crippen LogP contribution < -0.4 is 24.4 Å². The topological polar surface area (TPSA) is 94.2 Å². The van der Waals surface area contributed by atoms with Crippen LogP contribution in [0.4, 0.5) is 10.5 Å². The van der Waals surface area contributed by atoms with Crippen LogP contribution >= 0.6 is 0 Å². The summed E-state index contributed by atoms with van der Waals surface area (Å²) in [5.74, 6) is 0.733. The lowest BCUT2D eigenvalue weighted by atomic mass is 9.99. The van der Waals surface area contributed by atoms with Crippen LogP contribution in [-0.4, -0.2) is 38.2 Å². The van der Waals surface area contributed by atoms with E-state index in [0.29, 0.717) is 41.9 Å². The van der Waals surface area contributed by atoms with Gasteiger partial charge in [0.2, 0.25) is 0 Å². The largest absolute Gasteiger partial charge is 0.493 e. The molecule has 1 saturated heterocycles. The maximum atomic E-state index is 13.1. The lowest BCUT2D eigenvalue weighted by Crippen LogP contribution is -2.54. The first-order valence-electron chi connectivity index (χ1n) is 12.8. The summed E-state index contributed by atoms with van der Waals surface area (Å²) in [7, 11) is 1.51. The van der Waals surface area contributed by atoms with Crippen molar-refractivity contribution in [3.8, 4) is 17.2 Å². The van der Waals surface area contributed by atoms with E-state index < -0.39 is 17.8 Å². The zero-order chi connectivity index (χ0) is 27.9. The van der Waals surface area contributed by atoms with Gasteiger partial charge in [-0.1, -0.05) is 44.2 Å². The number of carbonyl (C=O) groups is 3. The molecule has 0 saturated carbocycles. The number of ether oxygens (including phenoxy) is 3. The highest BCUT2D eigenvalue weighted by molar-refractivity contribution is 6.39. The van der Waals surface area contributed by atoms with Gasteiger partial charge in [0.25, 0.3) is 11.8 Å². The average Bonchev–Trinajstić information content (AvgIpc) is 2.93. The fourth-order valence-corrected chi connectivity index (χ4v) is 4.16. The second-order valence-corrected chi connectivity index (χ2v) is 9.28. The number of urea groups is 1. The Morgan fingerprint density at radius 3 is 2.36 bits per heavy atom. The molecular weight excluding hydrogens is 496 g/mol. The van der Waals surface area contributed by atoms with E-state index in [2.05, 4.69) is 31.3 Å². The monoisotopic (exact) mass is 528 g/mol. The molecule has 0 aliphatic carbocycles. The molecule has 1 atom stereocenters. The summed E-state index contributed by atoms with van der Waals surface area (Å²) < 4.78 is 17.1. The third kappa shape index (κ3) is 6.46.